The van der Waals surface area contributed by atoms with Crippen molar-refractivity contribution in [2.75, 3.05) is 26.0 Å². The lowest BCUT2D eigenvalue weighted by molar-refractivity contribution is -0.117. The zero-order chi connectivity index (χ0) is 23.1. The average molecular weight is 475 g/mol. The van der Waals surface area contributed by atoms with Gasteiger partial charge in [-0.25, -0.2) is 17.7 Å². The summed E-state index contributed by atoms with van der Waals surface area (Å²) in [5, 5.41) is 7.50. The van der Waals surface area contributed by atoms with E-state index < -0.39 is 10.0 Å². The van der Waals surface area contributed by atoms with Crippen LogP contribution in [0.3, 0.4) is 0 Å². The number of amides is 2. The van der Waals surface area contributed by atoms with Crippen LogP contribution < -0.4 is 10.6 Å². The molecule has 0 aliphatic rings. The van der Waals surface area contributed by atoms with Gasteiger partial charge < -0.3 is 15.1 Å². The van der Waals surface area contributed by atoms with Gasteiger partial charge in [-0.3, -0.25) is 9.59 Å². The minimum Gasteiger partial charge on any atom is -0.465 e. The Balaban J connectivity index is 1.49. The van der Waals surface area contributed by atoms with Crippen molar-refractivity contribution < 1.29 is 22.4 Å². The van der Waals surface area contributed by atoms with Crippen LogP contribution in [-0.4, -0.2) is 50.2 Å². The third-order valence-electron chi connectivity index (χ3n) is 4.27. The second-order valence-electron chi connectivity index (χ2n) is 6.79. The normalized spacial score (nSPS) is 11.7. The molecular formula is C21H22N4O5S2. The molecule has 0 aliphatic carbocycles. The van der Waals surface area contributed by atoms with Crippen LogP contribution in [0.2, 0.25) is 0 Å². The smallest absolute Gasteiger partial charge is 0.244 e. The van der Waals surface area contributed by atoms with E-state index in [0.717, 1.165) is 9.87 Å². The number of hydrogen-bond acceptors (Lipinski definition) is 7. The summed E-state index contributed by atoms with van der Waals surface area (Å²) < 4.78 is 30.5. The lowest BCUT2D eigenvalue weighted by atomic mass is 10.2. The van der Waals surface area contributed by atoms with Crippen molar-refractivity contribution >= 4 is 44.4 Å². The minimum absolute atomic E-state index is 0.0896. The molecule has 0 spiro atoms. The van der Waals surface area contributed by atoms with E-state index in [1.807, 2.05) is 0 Å². The van der Waals surface area contributed by atoms with Crippen molar-refractivity contribution in [3.8, 4) is 11.3 Å². The molecule has 9 nitrogen and oxygen atoms in total. The molecule has 0 bridgehead atoms. The molecule has 0 saturated carbocycles. The van der Waals surface area contributed by atoms with E-state index in [2.05, 4.69) is 15.6 Å². The van der Waals surface area contributed by atoms with Gasteiger partial charge in [-0.2, -0.15) is 0 Å². The molecule has 0 aliphatic heterocycles. The quantitative estimate of drug-likeness (QED) is 0.460. The van der Waals surface area contributed by atoms with E-state index in [4.69, 9.17) is 4.42 Å². The van der Waals surface area contributed by atoms with Gasteiger partial charge in [0, 0.05) is 44.1 Å². The second-order valence-corrected chi connectivity index (χ2v) is 9.80. The second kappa shape index (κ2) is 10.4. The summed E-state index contributed by atoms with van der Waals surface area (Å²) in [6.07, 6.45) is 4.47. The first-order valence-corrected chi connectivity index (χ1v) is 11.9. The van der Waals surface area contributed by atoms with Gasteiger partial charge in [0.05, 0.1) is 16.9 Å². The number of rotatable bonds is 9. The summed E-state index contributed by atoms with van der Waals surface area (Å²) in [5.74, 6) is -0.0504. The largest absolute Gasteiger partial charge is 0.465 e. The molecule has 0 saturated heterocycles. The first-order chi connectivity index (χ1) is 15.3. The summed E-state index contributed by atoms with van der Waals surface area (Å²) >= 11 is 1.26. The highest BCUT2D eigenvalue weighted by Crippen LogP contribution is 2.26. The Hall–Kier alpha value is -3.28. The monoisotopic (exact) mass is 474 g/mol. The fraction of sp³-hybridized carbons (Fsp3) is 0.190. The molecule has 11 heteroatoms. The third-order valence-corrected chi connectivity index (χ3v) is 6.86. The van der Waals surface area contributed by atoms with Crippen LogP contribution in [-0.2, 0) is 19.6 Å². The highest BCUT2D eigenvalue weighted by atomic mass is 32.2. The summed E-state index contributed by atoms with van der Waals surface area (Å²) in [6, 6.07) is 9.82. The van der Waals surface area contributed by atoms with Gasteiger partial charge in [-0.15, -0.1) is 11.3 Å². The van der Waals surface area contributed by atoms with Crippen molar-refractivity contribution in [2.45, 2.75) is 11.3 Å². The van der Waals surface area contributed by atoms with Crippen molar-refractivity contribution in [1.82, 2.24) is 14.6 Å². The summed E-state index contributed by atoms with van der Waals surface area (Å²) in [5.41, 5.74) is 1.35. The van der Waals surface area contributed by atoms with Crippen LogP contribution in [0.25, 0.3) is 17.3 Å². The van der Waals surface area contributed by atoms with E-state index >= 15 is 0 Å². The van der Waals surface area contributed by atoms with Crippen molar-refractivity contribution in [1.29, 1.82) is 0 Å². The minimum atomic E-state index is -3.50. The first-order valence-electron chi connectivity index (χ1n) is 9.53. The molecule has 2 N–H and O–H groups in total. The number of sulfonamides is 1. The van der Waals surface area contributed by atoms with Gasteiger partial charge in [0.25, 0.3) is 0 Å². The Bertz CT molecular complexity index is 1200. The summed E-state index contributed by atoms with van der Waals surface area (Å²) in [6.45, 7) is 0.174. The number of nitrogens with one attached hydrogen (secondary N) is 2. The van der Waals surface area contributed by atoms with Crippen molar-refractivity contribution in [2.24, 2.45) is 0 Å². The van der Waals surface area contributed by atoms with Crippen LogP contribution in [0.1, 0.15) is 12.2 Å². The van der Waals surface area contributed by atoms with Crippen molar-refractivity contribution in [3.63, 3.8) is 0 Å². The highest BCUT2D eigenvalue weighted by Gasteiger charge is 2.17. The Labute approximate surface area is 189 Å². The van der Waals surface area contributed by atoms with E-state index in [1.54, 1.807) is 29.6 Å². The van der Waals surface area contributed by atoms with Crippen LogP contribution in [0, 0.1) is 0 Å². The SMILES string of the molecule is CN(C)S(=O)(=O)c1ccc(-c2csc(NC(=O)CCNC(=O)/C=C/c3ccco3)n2)cc1. The van der Waals surface area contributed by atoms with Gasteiger partial charge in [-0.05, 0) is 30.3 Å². The summed E-state index contributed by atoms with van der Waals surface area (Å²) in [7, 11) is -0.549. The number of aromatic nitrogens is 1. The molecular weight excluding hydrogens is 452 g/mol. The predicted molar refractivity (Wildman–Crippen MR) is 122 cm³/mol. The lowest BCUT2D eigenvalue weighted by Gasteiger charge is -2.11. The zero-order valence-corrected chi connectivity index (χ0v) is 19.1. The summed E-state index contributed by atoms with van der Waals surface area (Å²) in [4.78, 5) is 28.4. The standard InChI is InChI=1S/C21H22N4O5S2/c1-25(2)32(28,29)17-8-5-15(6-9-17)18-14-31-21(23-18)24-20(27)11-12-22-19(26)10-7-16-4-3-13-30-16/h3-10,13-14H,11-12H2,1-2H3,(H,22,26)(H,23,24,27)/b10-7+. The first kappa shape index (κ1) is 23.4. The van der Waals surface area contributed by atoms with Crippen molar-refractivity contribution in [3.05, 3.63) is 59.9 Å². The van der Waals surface area contributed by atoms with Crippen LogP contribution in [0.15, 0.2) is 63.4 Å². The molecule has 0 atom stereocenters. The Morgan fingerprint density at radius 3 is 2.59 bits per heavy atom. The Morgan fingerprint density at radius 2 is 1.94 bits per heavy atom. The zero-order valence-electron chi connectivity index (χ0n) is 17.4. The maximum absolute atomic E-state index is 12.2. The van der Waals surface area contributed by atoms with Gasteiger partial charge in [-0.1, -0.05) is 12.1 Å². The van der Waals surface area contributed by atoms with E-state index in [0.29, 0.717) is 16.6 Å². The topological polar surface area (TPSA) is 122 Å². The Kier molecular flexibility index (Phi) is 7.57. The Morgan fingerprint density at radius 1 is 1.19 bits per heavy atom. The number of anilines is 1. The van der Waals surface area contributed by atoms with E-state index in [-0.39, 0.29) is 29.7 Å². The van der Waals surface area contributed by atoms with Gasteiger partial charge in [0.1, 0.15) is 5.76 Å². The van der Waals surface area contributed by atoms with Gasteiger partial charge in [0.15, 0.2) is 5.13 Å². The molecule has 2 amide bonds. The number of benzene rings is 1. The number of carbonyl (C=O) groups excluding carboxylic acids is 2. The molecule has 0 fully saturated rings. The molecule has 3 rings (SSSR count). The number of furan rings is 1. The van der Waals surface area contributed by atoms with Crippen LogP contribution in [0.4, 0.5) is 5.13 Å². The molecule has 2 aromatic heterocycles. The third kappa shape index (κ3) is 6.13. The predicted octanol–water partition coefficient (Wildman–Crippen LogP) is 2.81. The van der Waals surface area contributed by atoms with E-state index in [9.17, 15) is 18.0 Å². The van der Waals surface area contributed by atoms with Gasteiger partial charge >= 0.3 is 0 Å². The fourth-order valence-corrected chi connectivity index (χ4v) is 4.19. The maximum atomic E-state index is 12.2. The fourth-order valence-electron chi connectivity index (χ4n) is 2.56. The highest BCUT2D eigenvalue weighted by molar-refractivity contribution is 7.89. The molecule has 32 heavy (non-hydrogen) atoms. The molecule has 0 radical (unpaired) electrons. The lowest BCUT2D eigenvalue weighted by Crippen LogP contribution is -2.26. The molecule has 168 valence electrons. The number of thiazole rings is 1. The molecule has 1 aromatic carbocycles. The van der Waals surface area contributed by atoms with Gasteiger partial charge in [0.2, 0.25) is 21.8 Å². The average Bonchev–Trinajstić information content (AvgIpc) is 3.44. The van der Waals surface area contributed by atoms with Crippen LogP contribution >= 0.6 is 11.3 Å². The van der Waals surface area contributed by atoms with Crippen LogP contribution in [0.5, 0.6) is 0 Å². The number of hydrogen-bond donors (Lipinski definition) is 2. The molecule has 3 aromatic rings. The number of carbonyl (C=O) groups is 2. The number of nitrogens with zero attached hydrogens (tertiary/aromatic N) is 2. The molecule has 0 unspecified atom stereocenters. The maximum Gasteiger partial charge on any atom is 0.244 e. The molecule has 2 heterocycles. The van der Waals surface area contributed by atoms with E-state index in [1.165, 1.54) is 56.0 Å².